The summed E-state index contributed by atoms with van der Waals surface area (Å²) in [7, 11) is 1.50. The summed E-state index contributed by atoms with van der Waals surface area (Å²) < 4.78 is 25.5. The number of nitrogens with zero attached hydrogens (tertiary/aromatic N) is 5. The fourth-order valence-corrected chi connectivity index (χ4v) is 1.68. The fraction of sp³-hybridized carbons (Fsp3) is 0.444. The Hall–Kier alpha value is -1.94. The minimum Gasteiger partial charge on any atom is -0.357 e. The van der Waals surface area contributed by atoms with Gasteiger partial charge in [-0.15, -0.1) is 4.41 Å². The van der Waals surface area contributed by atoms with Crippen LogP contribution in [0.25, 0.3) is 11.2 Å². The van der Waals surface area contributed by atoms with E-state index in [0.29, 0.717) is 22.9 Å². The van der Waals surface area contributed by atoms with E-state index in [2.05, 4.69) is 25.7 Å². The first-order chi connectivity index (χ1) is 8.82. The molecular weight excluding hydrogens is 270 g/mol. The van der Waals surface area contributed by atoms with E-state index in [1.165, 1.54) is 7.05 Å². The summed E-state index contributed by atoms with van der Waals surface area (Å²) in [6, 6.07) is 0. The molecule has 2 aromatic rings. The first kappa shape index (κ1) is 13.5. The van der Waals surface area contributed by atoms with Crippen LogP contribution >= 0.6 is 0 Å². The Morgan fingerprint density at radius 3 is 2.63 bits per heavy atom. The van der Waals surface area contributed by atoms with E-state index in [9.17, 15) is 8.42 Å². The number of nitrogens with one attached hydrogen (secondary N) is 2. The summed E-state index contributed by atoms with van der Waals surface area (Å²) in [5.74, 6) is 0.698. The van der Waals surface area contributed by atoms with Crippen molar-refractivity contribution in [3.8, 4) is 0 Å². The molecule has 10 heteroatoms. The average Bonchev–Trinajstić information content (AvgIpc) is 2.70. The second kappa shape index (κ2) is 4.63. The molecule has 0 amide bonds. The number of fused-ring (bicyclic) bond motifs is 1. The molecule has 0 bridgehead atoms. The lowest BCUT2D eigenvalue weighted by Crippen LogP contribution is -2.31. The number of aryl methyl sites for hydroxylation is 1. The lowest BCUT2D eigenvalue weighted by Gasteiger charge is -2.16. The molecular formula is C9H15N7O2S. The summed E-state index contributed by atoms with van der Waals surface area (Å²) in [4.78, 5) is 12.6. The molecule has 2 aromatic heterocycles. The third kappa shape index (κ3) is 2.58. The maximum atomic E-state index is 11.4. The summed E-state index contributed by atoms with van der Waals surface area (Å²) in [5, 5.41) is 2.82. The number of hydrazine groups is 1. The molecule has 2 rings (SSSR count). The van der Waals surface area contributed by atoms with Crippen LogP contribution in [0.1, 0.15) is 0 Å². The number of hydrogen-bond donors (Lipinski definition) is 2. The van der Waals surface area contributed by atoms with Gasteiger partial charge < -0.3 is 9.88 Å². The van der Waals surface area contributed by atoms with Crippen molar-refractivity contribution >= 4 is 33.0 Å². The zero-order chi connectivity index (χ0) is 14.2. The molecule has 2 heterocycles. The molecule has 0 aliphatic heterocycles. The number of hydrogen-bond acceptors (Lipinski definition) is 7. The van der Waals surface area contributed by atoms with Gasteiger partial charge in [-0.25, -0.2) is 13.4 Å². The number of aromatic nitrogens is 4. The maximum Gasteiger partial charge on any atom is 0.227 e. The lowest BCUT2D eigenvalue weighted by molar-refractivity contribution is 0.522. The van der Waals surface area contributed by atoms with Gasteiger partial charge in [0.05, 0.1) is 12.6 Å². The molecule has 0 radical (unpaired) electrons. The maximum absolute atomic E-state index is 11.4. The third-order valence-corrected chi connectivity index (χ3v) is 3.63. The predicted molar refractivity (Wildman–Crippen MR) is 72.1 cm³/mol. The van der Waals surface area contributed by atoms with E-state index in [-0.39, 0.29) is 0 Å². The summed E-state index contributed by atoms with van der Waals surface area (Å²) in [6.07, 6.45) is 2.68. The smallest absolute Gasteiger partial charge is 0.227 e. The third-order valence-electron chi connectivity index (χ3n) is 2.54. The highest BCUT2D eigenvalue weighted by atomic mass is 32.2. The van der Waals surface area contributed by atoms with E-state index in [0.717, 1.165) is 10.7 Å². The molecule has 0 atom stereocenters. The minimum absolute atomic E-state index is 0.322. The fourth-order valence-electron chi connectivity index (χ4n) is 1.43. The van der Waals surface area contributed by atoms with Crippen molar-refractivity contribution in [2.75, 3.05) is 31.1 Å². The van der Waals surface area contributed by atoms with Crippen LogP contribution in [0.15, 0.2) is 6.33 Å². The van der Waals surface area contributed by atoms with Gasteiger partial charge >= 0.3 is 0 Å². The number of sulfonamides is 1. The molecule has 9 nitrogen and oxygen atoms in total. The standard InChI is InChI=1S/C9H15N7O2S/c1-10-9-12-7(14-16(3)19(4,17)18)6-8(13-9)15(2)5-11-6/h5H,1-4H3,(H2,10,12,13,14). The lowest BCUT2D eigenvalue weighted by atomic mass is 10.5. The van der Waals surface area contributed by atoms with Crippen LogP contribution in [-0.2, 0) is 17.1 Å². The topological polar surface area (TPSA) is 105 Å². The molecule has 0 saturated heterocycles. The van der Waals surface area contributed by atoms with E-state index < -0.39 is 10.0 Å². The molecule has 0 saturated carbocycles. The average molecular weight is 285 g/mol. The van der Waals surface area contributed by atoms with Crippen molar-refractivity contribution in [1.82, 2.24) is 23.9 Å². The molecule has 2 N–H and O–H groups in total. The highest BCUT2D eigenvalue weighted by Crippen LogP contribution is 2.20. The Labute approximate surface area is 110 Å². The number of imidazole rings is 1. The Balaban J connectivity index is 2.53. The number of anilines is 2. The molecule has 0 aliphatic carbocycles. The quantitative estimate of drug-likeness (QED) is 0.738. The van der Waals surface area contributed by atoms with Crippen LogP contribution in [0, 0.1) is 0 Å². The van der Waals surface area contributed by atoms with Gasteiger partial charge in [0, 0.05) is 21.1 Å². The van der Waals surface area contributed by atoms with Crippen LogP contribution in [0.3, 0.4) is 0 Å². The van der Waals surface area contributed by atoms with E-state index in [4.69, 9.17) is 0 Å². The molecule has 104 valence electrons. The zero-order valence-electron chi connectivity index (χ0n) is 11.0. The van der Waals surface area contributed by atoms with Gasteiger partial charge in [0.15, 0.2) is 17.0 Å². The van der Waals surface area contributed by atoms with E-state index >= 15 is 0 Å². The van der Waals surface area contributed by atoms with Crippen molar-refractivity contribution in [1.29, 1.82) is 0 Å². The molecule has 0 aliphatic rings. The normalized spacial score (nSPS) is 12.1. The monoisotopic (exact) mass is 285 g/mol. The highest BCUT2D eigenvalue weighted by molar-refractivity contribution is 7.88. The van der Waals surface area contributed by atoms with Crippen molar-refractivity contribution in [2.45, 2.75) is 0 Å². The SMILES string of the molecule is CNc1nc(NN(C)S(C)(=O)=O)c2ncn(C)c2n1. The Morgan fingerprint density at radius 1 is 1.37 bits per heavy atom. The predicted octanol–water partition coefficient (Wildman–Crippen LogP) is -0.377. The van der Waals surface area contributed by atoms with Gasteiger partial charge in [-0.2, -0.15) is 9.97 Å². The number of rotatable bonds is 4. The van der Waals surface area contributed by atoms with E-state index in [1.807, 2.05) is 0 Å². The zero-order valence-corrected chi connectivity index (χ0v) is 11.9. The van der Waals surface area contributed by atoms with Crippen LogP contribution in [-0.4, -0.2) is 52.7 Å². The van der Waals surface area contributed by atoms with Gasteiger partial charge in [0.2, 0.25) is 16.0 Å². The van der Waals surface area contributed by atoms with Crippen molar-refractivity contribution < 1.29 is 8.42 Å². The van der Waals surface area contributed by atoms with E-state index in [1.54, 1.807) is 25.0 Å². The van der Waals surface area contributed by atoms with Gasteiger partial charge in [0.25, 0.3) is 0 Å². The minimum atomic E-state index is -3.38. The molecule has 0 spiro atoms. The van der Waals surface area contributed by atoms with Crippen LogP contribution < -0.4 is 10.7 Å². The summed E-state index contributed by atoms with van der Waals surface area (Å²) in [6.45, 7) is 0. The largest absolute Gasteiger partial charge is 0.357 e. The summed E-state index contributed by atoms with van der Waals surface area (Å²) in [5.41, 5.74) is 3.79. The molecule has 19 heavy (non-hydrogen) atoms. The van der Waals surface area contributed by atoms with Crippen LogP contribution in [0.5, 0.6) is 0 Å². The first-order valence-corrected chi connectivity index (χ1v) is 7.25. The second-order valence-electron chi connectivity index (χ2n) is 4.02. The van der Waals surface area contributed by atoms with Gasteiger partial charge in [-0.05, 0) is 0 Å². The van der Waals surface area contributed by atoms with Crippen molar-refractivity contribution in [2.24, 2.45) is 7.05 Å². The van der Waals surface area contributed by atoms with Gasteiger partial charge in [-0.3, -0.25) is 5.43 Å². The summed E-state index contributed by atoms with van der Waals surface area (Å²) >= 11 is 0. The highest BCUT2D eigenvalue weighted by Gasteiger charge is 2.16. The molecule has 0 fully saturated rings. The molecule has 0 aromatic carbocycles. The Bertz CT molecular complexity index is 709. The Morgan fingerprint density at radius 2 is 2.05 bits per heavy atom. The van der Waals surface area contributed by atoms with Gasteiger partial charge in [-0.1, -0.05) is 0 Å². The van der Waals surface area contributed by atoms with Crippen LogP contribution in [0.4, 0.5) is 11.8 Å². The second-order valence-corrected chi connectivity index (χ2v) is 6.03. The van der Waals surface area contributed by atoms with Crippen molar-refractivity contribution in [3.63, 3.8) is 0 Å². The first-order valence-electron chi connectivity index (χ1n) is 5.40. The van der Waals surface area contributed by atoms with Crippen LogP contribution in [0.2, 0.25) is 0 Å². The van der Waals surface area contributed by atoms with Crippen molar-refractivity contribution in [3.05, 3.63) is 6.33 Å². The molecule has 0 unspecified atom stereocenters. The Kier molecular flexibility index (Phi) is 3.28. The van der Waals surface area contributed by atoms with Gasteiger partial charge in [0.1, 0.15) is 0 Å².